The topological polar surface area (TPSA) is 115 Å². The normalized spacial score (nSPS) is 11.7. The minimum absolute atomic E-state index is 0.331. The number of aliphatic hydroxyl groups excluding tert-OH is 2. The van der Waals surface area contributed by atoms with Crippen LogP contribution in [0.25, 0.3) is 0 Å². The van der Waals surface area contributed by atoms with Crippen molar-refractivity contribution in [1.29, 1.82) is 0 Å². The third-order valence-corrected chi connectivity index (χ3v) is 3.92. The van der Waals surface area contributed by atoms with Crippen LogP contribution in [0.3, 0.4) is 0 Å². The van der Waals surface area contributed by atoms with Gasteiger partial charge < -0.3 is 20.4 Å². The molecule has 2 aromatic carbocycles. The number of aliphatic hydroxyl groups is 2. The van der Waals surface area contributed by atoms with Gasteiger partial charge in [0, 0.05) is 0 Å². The van der Waals surface area contributed by atoms with Crippen LogP contribution in [0.15, 0.2) is 60.7 Å². The highest BCUT2D eigenvalue weighted by Gasteiger charge is 2.13. The molecule has 0 aliphatic rings. The van der Waals surface area contributed by atoms with Crippen LogP contribution in [-0.4, -0.2) is 44.6 Å². The third kappa shape index (κ3) is 13.2. The summed E-state index contributed by atoms with van der Waals surface area (Å²) in [7, 11) is 0. The predicted molar refractivity (Wildman–Crippen MR) is 113 cm³/mol. The van der Waals surface area contributed by atoms with Gasteiger partial charge in [0.15, 0.2) is 0 Å². The lowest BCUT2D eigenvalue weighted by Crippen LogP contribution is -2.25. The van der Waals surface area contributed by atoms with E-state index in [-0.39, 0.29) is 0 Å². The van der Waals surface area contributed by atoms with Gasteiger partial charge in [0.1, 0.15) is 0 Å². The standard InChI is InChI=1S/C9H20O2.2C7H6O2/c1-3-5-7-9(11)8(10)6-4-2;2*8-7(9)6-4-2-1-3-5-6/h8-11H,3-7H2,1-2H3;2*1-5H,(H,8,9). The molecule has 6 nitrogen and oxygen atoms in total. The first-order valence-electron chi connectivity index (χ1n) is 9.76. The maximum atomic E-state index is 10.2. The molecule has 0 amide bonds. The highest BCUT2D eigenvalue weighted by molar-refractivity contribution is 5.87. The Kier molecular flexibility index (Phi) is 14.8. The fourth-order valence-corrected chi connectivity index (χ4v) is 2.26. The molecule has 0 aliphatic heterocycles. The Morgan fingerprint density at radius 2 is 1.07 bits per heavy atom. The average Bonchev–Trinajstić information content (AvgIpc) is 2.74. The molecule has 0 aliphatic carbocycles. The van der Waals surface area contributed by atoms with Crippen LogP contribution in [-0.2, 0) is 0 Å². The highest BCUT2D eigenvalue weighted by atomic mass is 16.4. The van der Waals surface area contributed by atoms with Gasteiger partial charge in [-0.3, -0.25) is 0 Å². The summed E-state index contributed by atoms with van der Waals surface area (Å²) in [4.78, 5) is 20.4. The van der Waals surface area contributed by atoms with Gasteiger partial charge in [0.05, 0.1) is 23.3 Å². The zero-order valence-corrected chi connectivity index (χ0v) is 17.1. The molecular formula is C23H32O6. The van der Waals surface area contributed by atoms with E-state index >= 15 is 0 Å². The molecule has 4 N–H and O–H groups in total. The van der Waals surface area contributed by atoms with Gasteiger partial charge in [-0.05, 0) is 37.1 Å². The van der Waals surface area contributed by atoms with E-state index in [1.54, 1.807) is 60.7 Å². The van der Waals surface area contributed by atoms with Crippen LogP contribution in [0.2, 0.25) is 0 Å². The van der Waals surface area contributed by atoms with Crippen molar-refractivity contribution in [3.63, 3.8) is 0 Å². The van der Waals surface area contributed by atoms with Crippen molar-refractivity contribution in [1.82, 2.24) is 0 Å². The van der Waals surface area contributed by atoms with Crippen molar-refractivity contribution in [3.05, 3.63) is 71.8 Å². The van der Waals surface area contributed by atoms with Crippen molar-refractivity contribution >= 4 is 11.9 Å². The third-order valence-electron chi connectivity index (χ3n) is 3.92. The summed E-state index contributed by atoms with van der Waals surface area (Å²) in [6, 6.07) is 16.6. The van der Waals surface area contributed by atoms with Gasteiger partial charge in [-0.1, -0.05) is 69.5 Å². The second kappa shape index (κ2) is 16.3. The van der Waals surface area contributed by atoms with E-state index in [1.165, 1.54) is 0 Å². The van der Waals surface area contributed by atoms with Gasteiger partial charge in [-0.25, -0.2) is 9.59 Å². The minimum Gasteiger partial charge on any atom is -0.478 e. The number of benzene rings is 2. The van der Waals surface area contributed by atoms with Crippen LogP contribution in [0.4, 0.5) is 0 Å². The summed E-state index contributed by atoms with van der Waals surface area (Å²) in [5.74, 6) is -1.76. The zero-order chi connectivity index (χ0) is 22.1. The Labute approximate surface area is 172 Å². The van der Waals surface area contributed by atoms with Crippen molar-refractivity contribution in [3.8, 4) is 0 Å². The smallest absolute Gasteiger partial charge is 0.335 e. The largest absolute Gasteiger partial charge is 0.478 e. The van der Waals surface area contributed by atoms with Crippen LogP contribution < -0.4 is 0 Å². The molecule has 0 bridgehead atoms. The van der Waals surface area contributed by atoms with Crippen molar-refractivity contribution in [2.45, 2.75) is 58.2 Å². The van der Waals surface area contributed by atoms with Crippen LogP contribution in [0, 0.1) is 0 Å². The van der Waals surface area contributed by atoms with Gasteiger partial charge in [-0.2, -0.15) is 0 Å². The number of unbranched alkanes of at least 4 members (excludes halogenated alkanes) is 1. The molecule has 2 unspecified atom stereocenters. The summed E-state index contributed by atoms with van der Waals surface area (Å²) >= 11 is 0. The van der Waals surface area contributed by atoms with Crippen molar-refractivity contribution in [2.75, 3.05) is 0 Å². The fraction of sp³-hybridized carbons (Fsp3) is 0.391. The molecule has 29 heavy (non-hydrogen) atoms. The maximum Gasteiger partial charge on any atom is 0.335 e. The summed E-state index contributed by atoms with van der Waals surface area (Å²) in [6.45, 7) is 4.09. The first-order valence-corrected chi connectivity index (χ1v) is 9.76. The summed E-state index contributed by atoms with van der Waals surface area (Å²) in [6.07, 6.45) is 3.45. The molecule has 0 aromatic heterocycles. The van der Waals surface area contributed by atoms with E-state index in [2.05, 4.69) is 6.92 Å². The molecule has 2 aromatic rings. The van der Waals surface area contributed by atoms with Gasteiger partial charge in [0.25, 0.3) is 0 Å². The molecule has 0 saturated heterocycles. The van der Waals surface area contributed by atoms with Gasteiger partial charge in [0.2, 0.25) is 0 Å². The summed E-state index contributed by atoms with van der Waals surface area (Å²) in [5.41, 5.74) is 0.662. The Morgan fingerprint density at radius 3 is 1.34 bits per heavy atom. The lowest BCUT2D eigenvalue weighted by atomic mass is 10.0. The second-order valence-electron chi connectivity index (χ2n) is 6.41. The molecule has 0 spiro atoms. The Balaban J connectivity index is 0.000000408. The van der Waals surface area contributed by atoms with E-state index < -0.39 is 24.1 Å². The fourth-order valence-electron chi connectivity index (χ4n) is 2.26. The van der Waals surface area contributed by atoms with Gasteiger partial charge in [-0.15, -0.1) is 0 Å². The van der Waals surface area contributed by atoms with Crippen LogP contribution >= 0.6 is 0 Å². The molecule has 2 rings (SSSR count). The molecule has 0 fully saturated rings. The molecular weight excluding hydrogens is 372 g/mol. The van der Waals surface area contributed by atoms with E-state index in [0.717, 1.165) is 25.7 Å². The zero-order valence-electron chi connectivity index (χ0n) is 17.1. The minimum atomic E-state index is -0.879. The Bertz CT molecular complexity index is 623. The monoisotopic (exact) mass is 404 g/mol. The summed E-state index contributed by atoms with van der Waals surface area (Å²) in [5, 5.41) is 35.4. The number of rotatable bonds is 8. The molecule has 160 valence electrons. The average molecular weight is 405 g/mol. The van der Waals surface area contributed by atoms with Crippen molar-refractivity contribution in [2.24, 2.45) is 0 Å². The number of carboxylic acid groups (broad SMARTS) is 2. The van der Waals surface area contributed by atoms with E-state index in [1.807, 2.05) is 6.92 Å². The summed E-state index contributed by atoms with van der Waals surface area (Å²) < 4.78 is 0. The van der Waals surface area contributed by atoms with E-state index in [4.69, 9.17) is 10.2 Å². The molecule has 0 saturated carbocycles. The quantitative estimate of drug-likeness (QED) is 0.516. The Hall–Kier alpha value is -2.70. The Morgan fingerprint density at radius 1 is 0.690 bits per heavy atom. The molecule has 2 atom stereocenters. The predicted octanol–water partition coefficient (Wildman–Crippen LogP) is 4.47. The molecule has 0 heterocycles. The number of carboxylic acids is 2. The molecule has 0 radical (unpaired) electrons. The number of carbonyl (C=O) groups is 2. The maximum absolute atomic E-state index is 10.2. The van der Waals surface area contributed by atoms with Crippen LogP contribution in [0.5, 0.6) is 0 Å². The SMILES string of the molecule is CCCCC(O)C(O)CCC.O=C(O)c1ccccc1.O=C(O)c1ccccc1. The lowest BCUT2D eigenvalue weighted by molar-refractivity contribution is 0.00843. The number of hydrogen-bond acceptors (Lipinski definition) is 4. The van der Waals surface area contributed by atoms with Crippen LogP contribution in [0.1, 0.15) is 66.7 Å². The second-order valence-corrected chi connectivity index (χ2v) is 6.41. The van der Waals surface area contributed by atoms with Gasteiger partial charge >= 0.3 is 11.9 Å². The van der Waals surface area contributed by atoms with E-state index in [0.29, 0.717) is 17.5 Å². The van der Waals surface area contributed by atoms with E-state index in [9.17, 15) is 19.8 Å². The first kappa shape index (κ1) is 26.3. The highest BCUT2D eigenvalue weighted by Crippen LogP contribution is 2.08. The number of hydrogen-bond donors (Lipinski definition) is 4. The van der Waals surface area contributed by atoms with Crippen molar-refractivity contribution < 1.29 is 30.0 Å². The first-order chi connectivity index (χ1) is 13.8. The number of aromatic carboxylic acids is 2. The lowest BCUT2D eigenvalue weighted by Gasteiger charge is -2.16. The molecule has 6 heteroatoms.